The Morgan fingerprint density at radius 3 is 2.75 bits per heavy atom. The van der Waals surface area contributed by atoms with Crippen LogP contribution in [0.3, 0.4) is 0 Å². The fraction of sp³-hybridized carbons (Fsp3) is 0.308. The summed E-state index contributed by atoms with van der Waals surface area (Å²) in [4.78, 5) is 6.24. The summed E-state index contributed by atoms with van der Waals surface area (Å²) in [7, 11) is -3.48. The number of nitrogens with zero attached hydrogens (tertiary/aromatic N) is 1. The largest absolute Gasteiger partial charge is 0.377 e. The Balaban J connectivity index is 1.63. The van der Waals surface area contributed by atoms with Crippen molar-refractivity contribution in [3.05, 3.63) is 48.4 Å². The van der Waals surface area contributed by atoms with Gasteiger partial charge in [-0.1, -0.05) is 30.3 Å². The zero-order chi connectivity index (χ0) is 14.3. The van der Waals surface area contributed by atoms with E-state index in [0.29, 0.717) is 26.2 Å². The summed E-state index contributed by atoms with van der Waals surface area (Å²) in [5.41, 5.74) is 1.10. The molecule has 1 aromatic carbocycles. The molecule has 0 atom stereocenters. The highest BCUT2D eigenvalue weighted by Crippen LogP contribution is 2.02. The average molecular weight is 295 g/mol. The van der Waals surface area contributed by atoms with E-state index in [0.717, 1.165) is 5.56 Å². The minimum Gasteiger partial charge on any atom is -0.377 e. The van der Waals surface area contributed by atoms with Gasteiger partial charge >= 0.3 is 0 Å². The molecule has 0 radical (unpaired) electrons. The van der Waals surface area contributed by atoms with Crippen LogP contribution in [0.2, 0.25) is 0 Å². The Kier molecular flexibility index (Phi) is 5.28. The lowest BCUT2D eigenvalue weighted by Gasteiger charge is -2.06. The van der Waals surface area contributed by atoms with E-state index >= 15 is 0 Å². The zero-order valence-corrected chi connectivity index (χ0v) is 11.8. The van der Waals surface area contributed by atoms with Crippen LogP contribution in [0.25, 0.3) is 0 Å². The third-order valence-electron chi connectivity index (χ3n) is 2.63. The second-order valence-corrected chi connectivity index (χ2v) is 5.94. The van der Waals surface area contributed by atoms with Gasteiger partial charge < -0.3 is 9.72 Å². The van der Waals surface area contributed by atoms with Crippen molar-refractivity contribution in [2.75, 3.05) is 13.2 Å². The highest BCUT2D eigenvalue weighted by Gasteiger charge is 2.13. The summed E-state index contributed by atoms with van der Waals surface area (Å²) in [6.07, 6.45) is 3.21. The molecule has 0 aliphatic rings. The summed E-state index contributed by atoms with van der Waals surface area (Å²) < 4.78 is 31.4. The first-order chi connectivity index (χ1) is 9.68. The lowest BCUT2D eigenvalue weighted by Crippen LogP contribution is -2.25. The Morgan fingerprint density at radius 1 is 1.25 bits per heavy atom. The van der Waals surface area contributed by atoms with Gasteiger partial charge in [0.05, 0.1) is 19.1 Å². The number of hydrogen-bond acceptors (Lipinski definition) is 4. The summed E-state index contributed by atoms with van der Waals surface area (Å²) in [5, 5.41) is 0.0719. The van der Waals surface area contributed by atoms with Gasteiger partial charge in [0, 0.05) is 13.2 Å². The second kappa shape index (κ2) is 7.18. The monoisotopic (exact) mass is 295 g/mol. The predicted molar refractivity (Wildman–Crippen MR) is 74.5 cm³/mol. The van der Waals surface area contributed by atoms with Crippen LogP contribution in [-0.2, 0) is 21.4 Å². The predicted octanol–water partition coefficient (Wildman–Crippen LogP) is 1.29. The van der Waals surface area contributed by atoms with Crippen molar-refractivity contribution >= 4 is 10.0 Å². The molecule has 6 nitrogen and oxygen atoms in total. The van der Waals surface area contributed by atoms with Crippen molar-refractivity contribution in [2.45, 2.75) is 18.1 Å². The summed E-state index contributed by atoms with van der Waals surface area (Å²) >= 11 is 0. The van der Waals surface area contributed by atoms with Crippen LogP contribution < -0.4 is 4.72 Å². The summed E-state index contributed by atoms with van der Waals surface area (Å²) in [5.74, 6) is 0. The molecule has 0 aliphatic carbocycles. The highest BCUT2D eigenvalue weighted by atomic mass is 32.2. The number of sulfonamides is 1. The van der Waals surface area contributed by atoms with Crippen LogP contribution in [0.4, 0.5) is 0 Å². The minimum absolute atomic E-state index is 0.0719. The molecular weight excluding hydrogens is 278 g/mol. The fourth-order valence-corrected chi connectivity index (χ4v) is 2.59. The van der Waals surface area contributed by atoms with Gasteiger partial charge in [-0.25, -0.2) is 18.1 Å². The molecule has 1 heterocycles. The normalized spacial score (nSPS) is 11.6. The Hall–Kier alpha value is -1.70. The first-order valence-corrected chi connectivity index (χ1v) is 7.76. The van der Waals surface area contributed by atoms with E-state index in [1.807, 2.05) is 30.3 Å². The first-order valence-electron chi connectivity index (χ1n) is 6.28. The number of benzene rings is 1. The van der Waals surface area contributed by atoms with E-state index in [4.69, 9.17) is 4.74 Å². The van der Waals surface area contributed by atoms with E-state index in [-0.39, 0.29) is 5.03 Å². The lowest BCUT2D eigenvalue weighted by molar-refractivity contribution is 0.119. The molecule has 0 unspecified atom stereocenters. The second-order valence-electron chi connectivity index (χ2n) is 4.21. The van der Waals surface area contributed by atoms with Crippen LogP contribution in [0.5, 0.6) is 0 Å². The maximum atomic E-state index is 11.7. The number of ether oxygens (including phenoxy) is 1. The molecule has 0 saturated carbocycles. The minimum atomic E-state index is -3.48. The number of aromatic nitrogens is 2. The highest BCUT2D eigenvalue weighted by molar-refractivity contribution is 7.89. The van der Waals surface area contributed by atoms with E-state index in [9.17, 15) is 8.42 Å². The molecule has 0 spiro atoms. The number of imidazole rings is 1. The maximum absolute atomic E-state index is 11.7. The molecular formula is C13H17N3O3S. The molecule has 7 heteroatoms. The molecule has 2 rings (SSSR count). The van der Waals surface area contributed by atoms with Gasteiger partial charge in [-0.15, -0.1) is 0 Å². The lowest BCUT2D eigenvalue weighted by atomic mass is 10.2. The summed E-state index contributed by atoms with van der Waals surface area (Å²) in [6, 6.07) is 9.84. The third-order valence-corrected chi connectivity index (χ3v) is 4.02. The Labute approximate surface area is 118 Å². The van der Waals surface area contributed by atoms with Crippen molar-refractivity contribution in [2.24, 2.45) is 0 Å². The molecule has 0 fully saturated rings. The fourth-order valence-electron chi connectivity index (χ4n) is 1.61. The number of rotatable bonds is 8. The van der Waals surface area contributed by atoms with Crippen LogP contribution in [0.1, 0.15) is 12.0 Å². The standard InChI is InChI=1S/C13H17N3O3S/c17-20(18,13-9-14-11-15-13)16-7-4-8-19-10-12-5-2-1-3-6-12/h1-3,5-6,9,11,16H,4,7-8,10H2,(H,14,15). The van der Waals surface area contributed by atoms with Crippen LogP contribution >= 0.6 is 0 Å². The number of H-pyrrole nitrogens is 1. The quantitative estimate of drug-likeness (QED) is 0.719. The third kappa shape index (κ3) is 4.44. The SMILES string of the molecule is O=S(=O)(NCCCOCc1ccccc1)c1cnc[nH]1. The number of aromatic amines is 1. The van der Waals surface area contributed by atoms with Gasteiger partial charge in [0.1, 0.15) is 0 Å². The topological polar surface area (TPSA) is 84.1 Å². The Bertz CT molecular complexity index is 597. The number of hydrogen-bond donors (Lipinski definition) is 2. The molecule has 2 N–H and O–H groups in total. The van der Waals surface area contributed by atoms with Crippen molar-refractivity contribution < 1.29 is 13.2 Å². The van der Waals surface area contributed by atoms with Crippen molar-refractivity contribution in [1.29, 1.82) is 0 Å². The van der Waals surface area contributed by atoms with Gasteiger partial charge in [0.2, 0.25) is 0 Å². The molecule has 20 heavy (non-hydrogen) atoms. The van der Waals surface area contributed by atoms with E-state index < -0.39 is 10.0 Å². The van der Waals surface area contributed by atoms with Gasteiger partial charge in [0.15, 0.2) is 5.03 Å². The van der Waals surface area contributed by atoms with Gasteiger partial charge in [-0.3, -0.25) is 0 Å². The van der Waals surface area contributed by atoms with Crippen LogP contribution in [0.15, 0.2) is 47.9 Å². The molecule has 0 saturated heterocycles. The number of nitrogens with one attached hydrogen (secondary N) is 2. The van der Waals surface area contributed by atoms with Gasteiger partial charge in [-0.05, 0) is 12.0 Å². The zero-order valence-electron chi connectivity index (χ0n) is 11.0. The van der Waals surface area contributed by atoms with Crippen molar-refractivity contribution in [3.63, 3.8) is 0 Å². The molecule has 108 valence electrons. The van der Waals surface area contributed by atoms with Crippen LogP contribution in [0, 0.1) is 0 Å². The maximum Gasteiger partial charge on any atom is 0.257 e. The van der Waals surface area contributed by atoms with E-state index in [1.165, 1.54) is 12.5 Å². The van der Waals surface area contributed by atoms with Crippen molar-refractivity contribution in [1.82, 2.24) is 14.7 Å². The molecule has 2 aromatic rings. The van der Waals surface area contributed by atoms with Crippen molar-refractivity contribution in [3.8, 4) is 0 Å². The average Bonchev–Trinajstić information content (AvgIpc) is 2.99. The molecule has 0 amide bonds. The van der Waals surface area contributed by atoms with Gasteiger partial charge in [-0.2, -0.15) is 0 Å². The van der Waals surface area contributed by atoms with Crippen LogP contribution in [-0.4, -0.2) is 31.5 Å². The van der Waals surface area contributed by atoms with E-state index in [1.54, 1.807) is 0 Å². The van der Waals surface area contributed by atoms with Gasteiger partial charge in [0.25, 0.3) is 10.0 Å². The Morgan fingerprint density at radius 2 is 2.05 bits per heavy atom. The molecule has 0 bridgehead atoms. The van der Waals surface area contributed by atoms with E-state index in [2.05, 4.69) is 14.7 Å². The molecule has 1 aromatic heterocycles. The molecule has 0 aliphatic heterocycles. The summed E-state index contributed by atoms with van der Waals surface area (Å²) in [6.45, 7) is 1.37. The smallest absolute Gasteiger partial charge is 0.257 e. The first kappa shape index (κ1) is 14.7.